The Morgan fingerprint density at radius 1 is 1.45 bits per heavy atom. The average Bonchev–Trinajstić information content (AvgIpc) is 2.68. The Morgan fingerprint density at radius 3 is 2.60 bits per heavy atom. The van der Waals surface area contributed by atoms with Gasteiger partial charge in [-0.2, -0.15) is 0 Å². The standard InChI is InChI=1S/C11H17FN4O4/c1-11(2,3)20-10(19)13-6-7-8(9(17)18)14-15-16(7)5-4-12/h4-6H2,1-3H3,(H,13,19)(H,17,18). The number of nitrogens with one attached hydrogen (secondary N) is 1. The smallest absolute Gasteiger partial charge is 0.407 e. The highest BCUT2D eigenvalue weighted by Crippen LogP contribution is 2.09. The Hall–Kier alpha value is -2.19. The highest BCUT2D eigenvalue weighted by molar-refractivity contribution is 5.86. The third-order valence-corrected chi connectivity index (χ3v) is 2.14. The minimum absolute atomic E-state index is 0.112. The van der Waals surface area contributed by atoms with Crippen molar-refractivity contribution >= 4 is 12.1 Å². The Bertz CT molecular complexity index is 495. The Labute approximate surface area is 114 Å². The topological polar surface area (TPSA) is 106 Å². The van der Waals surface area contributed by atoms with E-state index >= 15 is 0 Å². The van der Waals surface area contributed by atoms with E-state index in [9.17, 15) is 14.0 Å². The Kier molecular flexibility index (Phi) is 5.00. The van der Waals surface area contributed by atoms with Gasteiger partial charge in [-0.25, -0.2) is 18.7 Å². The van der Waals surface area contributed by atoms with Gasteiger partial charge in [-0.1, -0.05) is 5.21 Å². The first-order valence-corrected chi connectivity index (χ1v) is 5.93. The summed E-state index contributed by atoms with van der Waals surface area (Å²) >= 11 is 0. The molecule has 0 atom stereocenters. The van der Waals surface area contributed by atoms with E-state index in [1.54, 1.807) is 20.8 Å². The van der Waals surface area contributed by atoms with Gasteiger partial charge in [-0.15, -0.1) is 5.10 Å². The Balaban J connectivity index is 2.77. The van der Waals surface area contributed by atoms with Gasteiger partial charge in [-0.05, 0) is 20.8 Å². The number of alkyl carbamates (subject to hydrolysis) is 1. The summed E-state index contributed by atoms with van der Waals surface area (Å²) in [5, 5.41) is 18.3. The van der Waals surface area contributed by atoms with Gasteiger partial charge >= 0.3 is 12.1 Å². The number of hydrogen-bond donors (Lipinski definition) is 2. The van der Waals surface area contributed by atoms with Crippen LogP contribution in [0.3, 0.4) is 0 Å². The number of carboxylic acid groups (broad SMARTS) is 1. The number of nitrogens with zero attached hydrogens (tertiary/aromatic N) is 3. The number of carboxylic acids is 1. The van der Waals surface area contributed by atoms with Crippen molar-refractivity contribution in [1.29, 1.82) is 0 Å². The molecule has 0 fully saturated rings. The van der Waals surface area contributed by atoms with Crippen molar-refractivity contribution in [3.05, 3.63) is 11.4 Å². The van der Waals surface area contributed by atoms with E-state index in [4.69, 9.17) is 9.84 Å². The molecule has 0 aliphatic heterocycles. The number of alkyl halides is 1. The van der Waals surface area contributed by atoms with Crippen molar-refractivity contribution in [3.63, 3.8) is 0 Å². The van der Waals surface area contributed by atoms with Crippen LogP contribution in [0.2, 0.25) is 0 Å². The molecule has 0 unspecified atom stereocenters. The van der Waals surface area contributed by atoms with Crippen molar-refractivity contribution in [1.82, 2.24) is 20.3 Å². The molecular weight excluding hydrogens is 271 g/mol. The fraction of sp³-hybridized carbons (Fsp3) is 0.636. The van der Waals surface area contributed by atoms with Crippen molar-refractivity contribution in [2.45, 2.75) is 39.5 Å². The molecule has 2 N–H and O–H groups in total. The summed E-state index contributed by atoms with van der Waals surface area (Å²) < 4.78 is 18.5. The number of carbonyl (C=O) groups is 2. The second-order valence-corrected chi connectivity index (χ2v) is 4.96. The molecule has 8 nitrogen and oxygen atoms in total. The number of aromatic nitrogens is 3. The number of aromatic carboxylic acids is 1. The first-order valence-electron chi connectivity index (χ1n) is 5.93. The number of ether oxygens (including phenoxy) is 1. The molecule has 0 aliphatic rings. The van der Waals surface area contributed by atoms with Gasteiger partial charge in [0.15, 0.2) is 5.69 Å². The van der Waals surface area contributed by atoms with Crippen molar-refractivity contribution in [2.75, 3.05) is 6.67 Å². The molecule has 0 spiro atoms. The second kappa shape index (κ2) is 6.31. The molecule has 1 aromatic heterocycles. The molecule has 0 aromatic carbocycles. The van der Waals surface area contributed by atoms with Gasteiger partial charge in [0.25, 0.3) is 0 Å². The predicted octanol–water partition coefficient (Wildman–Crippen LogP) is 0.970. The maximum absolute atomic E-state index is 12.3. The Morgan fingerprint density at radius 2 is 2.10 bits per heavy atom. The largest absolute Gasteiger partial charge is 0.476 e. The number of rotatable bonds is 5. The average molecular weight is 288 g/mol. The van der Waals surface area contributed by atoms with Gasteiger partial charge in [0.1, 0.15) is 12.3 Å². The molecule has 1 aromatic rings. The molecule has 0 saturated carbocycles. The summed E-state index contributed by atoms with van der Waals surface area (Å²) in [7, 11) is 0. The summed E-state index contributed by atoms with van der Waals surface area (Å²) in [6.07, 6.45) is -0.707. The van der Waals surface area contributed by atoms with E-state index in [-0.39, 0.29) is 24.5 Å². The van der Waals surface area contributed by atoms with Crippen LogP contribution in [0.15, 0.2) is 0 Å². The number of carbonyl (C=O) groups excluding carboxylic acids is 1. The van der Waals surface area contributed by atoms with E-state index in [1.165, 1.54) is 0 Å². The summed E-state index contributed by atoms with van der Waals surface area (Å²) in [6, 6.07) is 0. The van der Waals surface area contributed by atoms with Crippen LogP contribution >= 0.6 is 0 Å². The van der Waals surface area contributed by atoms with Crippen LogP contribution in [0, 0.1) is 0 Å². The van der Waals surface area contributed by atoms with Crippen molar-refractivity contribution in [2.24, 2.45) is 0 Å². The van der Waals surface area contributed by atoms with Crippen molar-refractivity contribution < 1.29 is 23.8 Å². The van der Waals surface area contributed by atoms with Crippen LogP contribution in [0.5, 0.6) is 0 Å². The SMILES string of the molecule is CC(C)(C)OC(=O)NCc1c(C(=O)O)nnn1CCF. The van der Waals surface area contributed by atoms with Gasteiger partial charge < -0.3 is 15.2 Å². The fourth-order valence-corrected chi connectivity index (χ4v) is 1.40. The molecule has 1 heterocycles. The van der Waals surface area contributed by atoms with E-state index in [0.717, 1.165) is 4.68 Å². The lowest BCUT2D eigenvalue weighted by atomic mass is 10.2. The van der Waals surface area contributed by atoms with Gasteiger partial charge in [0.05, 0.1) is 18.8 Å². The summed E-state index contributed by atoms with van der Waals surface area (Å²) in [4.78, 5) is 22.5. The highest BCUT2D eigenvalue weighted by atomic mass is 19.1. The van der Waals surface area contributed by atoms with E-state index in [2.05, 4.69) is 15.6 Å². The zero-order valence-electron chi connectivity index (χ0n) is 11.5. The minimum Gasteiger partial charge on any atom is -0.476 e. The third-order valence-electron chi connectivity index (χ3n) is 2.14. The van der Waals surface area contributed by atoms with E-state index < -0.39 is 24.3 Å². The molecule has 0 radical (unpaired) electrons. The predicted molar refractivity (Wildman–Crippen MR) is 66.0 cm³/mol. The van der Waals surface area contributed by atoms with E-state index in [0.29, 0.717) is 0 Å². The van der Waals surface area contributed by atoms with Crippen LogP contribution < -0.4 is 5.32 Å². The maximum atomic E-state index is 12.3. The number of amides is 1. The first-order chi connectivity index (χ1) is 9.24. The molecular formula is C11H17FN4O4. The molecule has 112 valence electrons. The van der Waals surface area contributed by atoms with Crippen LogP contribution in [0.4, 0.5) is 9.18 Å². The third kappa shape index (κ3) is 4.48. The summed E-state index contributed by atoms with van der Waals surface area (Å²) in [5.74, 6) is -1.30. The lowest BCUT2D eigenvalue weighted by Crippen LogP contribution is -2.33. The molecule has 0 bridgehead atoms. The van der Waals surface area contributed by atoms with E-state index in [1.807, 2.05) is 0 Å². The highest BCUT2D eigenvalue weighted by Gasteiger charge is 2.21. The summed E-state index contributed by atoms with van der Waals surface area (Å²) in [5.41, 5.74) is -0.882. The first kappa shape index (κ1) is 15.9. The maximum Gasteiger partial charge on any atom is 0.407 e. The molecule has 1 amide bonds. The molecule has 1 rings (SSSR count). The lowest BCUT2D eigenvalue weighted by Gasteiger charge is -2.19. The molecule has 0 aliphatic carbocycles. The van der Waals surface area contributed by atoms with Gasteiger partial charge in [-0.3, -0.25) is 0 Å². The second-order valence-electron chi connectivity index (χ2n) is 4.96. The molecule has 9 heteroatoms. The fourth-order valence-electron chi connectivity index (χ4n) is 1.40. The van der Waals surface area contributed by atoms with Crippen LogP contribution in [-0.4, -0.2) is 44.4 Å². The number of halogens is 1. The molecule has 20 heavy (non-hydrogen) atoms. The minimum atomic E-state index is -1.30. The van der Waals surface area contributed by atoms with Crippen LogP contribution in [0.1, 0.15) is 37.0 Å². The number of hydrogen-bond acceptors (Lipinski definition) is 5. The van der Waals surface area contributed by atoms with Crippen LogP contribution in [0.25, 0.3) is 0 Å². The number of aryl methyl sites for hydroxylation is 1. The van der Waals surface area contributed by atoms with Crippen molar-refractivity contribution in [3.8, 4) is 0 Å². The van der Waals surface area contributed by atoms with Gasteiger partial charge in [0, 0.05) is 0 Å². The lowest BCUT2D eigenvalue weighted by molar-refractivity contribution is 0.0519. The van der Waals surface area contributed by atoms with Gasteiger partial charge in [0.2, 0.25) is 0 Å². The normalized spacial score (nSPS) is 11.2. The zero-order chi connectivity index (χ0) is 15.3. The van der Waals surface area contributed by atoms with Crippen LogP contribution in [-0.2, 0) is 17.8 Å². The molecule has 0 saturated heterocycles. The summed E-state index contributed by atoms with van der Waals surface area (Å²) in [6.45, 7) is 4.08. The quantitative estimate of drug-likeness (QED) is 0.836. The monoisotopic (exact) mass is 288 g/mol. The zero-order valence-corrected chi connectivity index (χ0v) is 11.5.